The zero-order valence-corrected chi connectivity index (χ0v) is 88.1. The van der Waals surface area contributed by atoms with Gasteiger partial charge in [-0.2, -0.15) is 0 Å². The van der Waals surface area contributed by atoms with Crippen LogP contribution in [0.1, 0.15) is 259 Å². The van der Waals surface area contributed by atoms with Crippen LogP contribution in [0.15, 0.2) is 87.9 Å². The van der Waals surface area contributed by atoms with Crippen LogP contribution in [-0.2, 0) is 86.8 Å². The number of aromatic carboxylic acids is 1. The van der Waals surface area contributed by atoms with Gasteiger partial charge in [-0.25, -0.2) is 40.7 Å². The van der Waals surface area contributed by atoms with Crippen LogP contribution >= 0.6 is 12.4 Å². The summed E-state index contributed by atoms with van der Waals surface area (Å²) >= 11 is 0. The molecule has 0 spiro atoms. The van der Waals surface area contributed by atoms with E-state index < -0.39 is 29.7 Å². The van der Waals surface area contributed by atoms with E-state index in [4.69, 9.17) is 61.3 Å². The van der Waals surface area contributed by atoms with Gasteiger partial charge in [-0.3, -0.25) is 33.9 Å². The van der Waals surface area contributed by atoms with Gasteiger partial charge in [-0.15, -0.1) is 12.4 Å². The number of nitrogens with two attached hydrogens (primary N) is 1. The van der Waals surface area contributed by atoms with Gasteiger partial charge in [0.1, 0.15) is 51.1 Å². The second-order valence-electron chi connectivity index (χ2n) is 38.2. The Balaban J connectivity index is 0.000000169. The van der Waals surface area contributed by atoms with Crippen LogP contribution in [-0.4, -0.2) is 249 Å². The number of benzene rings is 4. The van der Waals surface area contributed by atoms with E-state index in [0.717, 1.165) is 160 Å². The summed E-state index contributed by atoms with van der Waals surface area (Å²) < 4.78 is 149. The highest BCUT2D eigenvalue weighted by Crippen LogP contribution is 2.45. The maximum Gasteiger partial charge on any atom is 0.338 e. The Morgan fingerprint density at radius 1 is 0.429 bits per heavy atom. The number of rotatable bonds is 32. The number of methoxy groups -OCH3 is 4. The fourth-order valence-corrected chi connectivity index (χ4v) is 21.6. The summed E-state index contributed by atoms with van der Waals surface area (Å²) in [6, 6.07) is 19.8. The highest BCUT2D eigenvalue weighted by atomic mass is 35.5. The third-order valence-corrected chi connectivity index (χ3v) is 29.1. The summed E-state index contributed by atoms with van der Waals surface area (Å²) in [5, 5.41) is 15.7. The number of halogens is 7. The molecular weight excluding hydrogens is 1930 g/mol. The molecular formula is C109H146ClF6N11O20. The van der Waals surface area contributed by atoms with E-state index in [1.807, 2.05) is 78.8 Å². The van der Waals surface area contributed by atoms with Crippen LogP contribution in [0.3, 0.4) is 0 Å². The third kappa shape index (κ3) is 27.6. The first-order chi connectivity index (χ1) is 70.1. The molecule has 7 fully saturated rings. The molecule has 7 saturated heterocycles. The lowest BCUT2D eigenvalue weighted by Crippen LogP contribution is -2.40. The predicted octanol–water partition coefficient (Wildman–Crippen LogP) is 19.3. The number of amides is 1. The van der Waals surface area contributed by atoms with Gasteiger partial charge in [0.05, 0.1) is 88.0 Å². The van der Waals surface area contributed by atoms with Crippen molar-refractivity contribution in [2.45, 2.75) is 259 Å². The van der Waals surface area contributed by atoms with Gasteiger partial charge in [0.2, 0.25) is 0 Å². The molecule has 6 N–H and O–H groups in total. The average molecular weight is 2080 g/mol. The minimum Gasteiger partial charge on any atom is -0.496 e. The lowest BCUT2D eigenvalue weighted by molar-refractivity contribution is -0.0579. The summed E-state index contributed by atoms with van der Waals surface area (Å²) in [4.78, 5) is 108. The SMILES string of the molecule is CCc1c(N(CC)C2CCOCC2)cc2oc(C=O)cc2c1C(=O)OC.CCc1c(N(CC)C2CCOCC2)cc2oc(CN3CCC(F)(F)CC3)cc2c1C(=O)NCc1c(OC)cc(C)[nH]c1=O.CCc1c(N(CC)C2CCOCC2)cc2oc(CN3CCC(F)(F)CC3)cc2c1C(=O)O.CCc1c(N(CC)C2CCOCC2)cc2oc(CN3CCC(F)(F)CC3)cc2c1C(=O)OC.COc1cc(C)[nH]c(=O)c1CN.Cl. The molecule has 31 nitrogen and oxygen atoms in total. The van der Waals surface area contributed by atoms with E-state index >= 15 is 0 Å². The van der Waals surface area contributed by atoms with Gasteiger partial charge < -0.3 is 101 Å². The number of ether oxygens (including phenoxy) is 8. The average Bonchev–Trinajstić information content (AvgIpc) is 1.66. The highest BCUT2D eigenvalue weighted by molar-refractivity contribution is 6.11. The molecule has 0 atom stereocenters. The smallest absolute Gasteiger partial charge is 0.338 e. The number of pyridine rings is 2. The van der Waals surface area contributed by atoms with Crippen molar-refractivity contribution < 1.29 is 111 Å². The summed E-state index contributed by atoms with van der Waals surface area (Å²) in [5.41, 5.74) is 18.6. The highest BCUT2D eigenvalue weighted by Gasteiger charge is 2.40. The van der Waals surface area contributed by atoms with Gasteiger partial charge in [0.25, 0.3) is 34.8 Å². The van der Waals surface area contributed by atoms with Crippen LogP contribution in [0, 0.1) is 13.8 Å². The number of furan rings is 4. The van der Waals surface area contributed by atoms with Crippen molar-refractivity contribution in [2.24, 2.45) is 5.73 Å². The second kappa shape index (κ2) is 52.3. The maximum absolute atomic E-state index is 14.1. The van der Waals surface area contributed by atoms with Gasteiger partial charge >= 0.3 is 17.9 Å². The van der Waals surface area contributed by atoms with Crippen molar-refractivity contribution in [2.75, 3.05) is 166 Å². The Bertz CT molecular complexity index is 6240. The minimum absolute atomic E-state index is 0. The number of aryl methyl sites for hydroxylation is 2. The number of carboxylic acids is 1. The molecule has 806 valence electrons. The summed E-state index contributed by atoms with van der Waals surface area (Å²) in [6.07, 6.45) is 9.59. The van der Waals surface area contributed by atoms with Crippen molar-refractivity contribution >= 4 is 109 Å². The number of carbonyl (C=O) groups excluding carboxylic acids is 4. The first kappa shape index (κ1) is 115. The zero-order valence-electron chi connectivity index (χ0n) is 87.2. The van der Waals surface area contributed by atoms with Crippen molar-refractivity contribution in [3.63, 3.8) is 0 Å². The van der Waals surface area contributed by atoms with Crippen LogP contribution in [0.4, 0.5) is 49.1 Å². The molecule has 1 amide bonds. The molecule has 7 aliphatic heterocycles. The normalized spacial score (nSPS) is 17.4. The third-order valence-electron chi connectivity index (χ3n) is 29.1. The summed E-state index contributed by atoms with van der Waals surface area (Å²) in [5.74, 6) is -6.81. The number of hydrogen-bond donors (Lipinski definition) is 5. The molecule has 7 aliphatic rings. The number of nitrogens with one attached hydrogen (secondary N) is 3. The number of likely N-dealkylation sites (tertiary alicyclic amines) is 3. The number of carbonyl (C=O) groups is 5. The second-order valence-corrected chi connectivity index (χ2v) is 38.2. The van der Waals surface area contributed by atoms with Crippen LogP contribution < -0.4 is 51.2 Å². The molecule has 13 heterocycles. The van der Waals surface area contributed by atoms with Crippen LogP contribution in [0.5, 0.6) is 11.5 Å². The van der Waals surface area contributed by atoms with E-state index in [1.54, 1.807) is 38.1 Å². The van der Waals surface area contributed by atoms with Gasteiger partial charge in [-0.05, 0) is 177 Å². The maximum atomic E-state index is 14.1. The number of esters is 2. The standard InChI is InChI=1S/C32H42F2N4O5.C25H34F2N2O4.C24H32F2N2O4.C20H25NO5.C8H12N2O2.ClH/c1-5-23-26(38(6-2)21-7-13-42-14-8-21)17-28-24(16-22(43-28)19-37-11-9-32(33,34)10-12-37)29(23)31(40)35-18-25-27(41-4)15-20(3)36-30(25)39;1-4-19-21(29(5-2)17-6-12-32-13-7-17)15-22-20(23(19)24(30)31-3)14-18(33-22)16-28-10-8-25(26,27)9-11-28;1-3-18-20(28(4-2)16-5-11-31-12-6-16)14-21-19(22(18)23(29)30)13-17(32-21)15-27-9-7-24(25,26)8-10-27;1-4-15-17(21(5-2)13-6-8-25-9-7-13)11-18-16(10-14(12-22)26-18)19(15)20(23)24-3;1-5-3-7(12-2)6(4-9)8(11)10-5;/h15-17,21H,5-14,18-19H2,1-4H3,(H,35,40)(H,36,39);14-15,17H,4-13,16H2,1-3H3;13-14,16H,3-12,15H2,1-2H3,(H,29,30);10-13H,4-9H2,1-3H3;3H,4,9H2,1-2H3,(H,10,11);1H. The van der Waals surface area contributed by atoms with E-state index in [0.29, 0.717) is 223 Å². The monoisotopic (exact) mass is 2080 g/mol. The number of fused-ring (bicyclic) bond motifs is 4. The number of carboxylic acid groups (broad SMARTS) is 1. The molecule has 17 rings (SSSR count). The molecule has 10 aromatic rings. The number of aromatic nitrogens is 2. The topological polar surface area (TPSA) is 358 Å². The molecule has 0 aliphatic carbocycles. The van der Waals surface area contributed by atoms with Crippen molar-refractivity contribution in [3.8, 4) is 11.5 Å². The van der Waals surface area contributed by atoms with Gasteiger partial charge in [0, 0.05) is 267 Å². The van der Waals surface area contributed by atoms with Crippen molar-refractivity contribution in [1.82, 2.24) is 30.0 Å². The number of alkyl halides is 6. The fourth-order valence-electron chi connectivity index (χ4n) is 21.6. The molecule has 0 radical (unpaired) electrons. The first-order valence-electron chi connectivity index (χ1n) is 51.5. The molecule has 38 heteroatoms. The number of piperidine rings is 3. The Kier molecular flexibility index (Phi) is 40.8. The van der Waals surface area contributed by atoms with Crippen molar-refractivity contribution in [3.05, 3.63) is 171 Å². The number of H-pyrrole nitrogens is 2. The van der Waals surface area contributed by atoms with Gasteiger partial charge in [0.15, 0.2) is 12.0 Å². The predicted molar refractivity (Wildman–Crippen MR) is 556 cm³/mol. The molecule has 0 saturated carbocycles. The number of aldehydes is 1. The van der Waals surface area contributed by atoms with Crippen LogP contribution in [0.25, 0.3) is 43.9 Å². The Labute approximate surface area is 860 Å². The van der Waals surface area contributed by atoms with E-state index in [1.165, 1.54) is 28.4 Å². The summed E-state index contributed by atoms with van der Waals surface area (Å²) in [7, 11) is 5.78. The van der Waals surface area contributed by atoms with Gasteiger partial charge in [-0.1, -0.05) is 27.7 Å². The van der Waals surface area contributed by atoms with Crippen LogP contribution in [0.2, 0.25) is 0 Å². The van der Waals surface area contributed by atoms with Crippen molar-refractivity contribution in [1.29, 1.82) is 0 Å². The van der Waals surface area contributed by atoms with E-state index in [2.05, 4.69) is 62.6 Å². The molecule has 147 heavy (non-hydrogen) atoms. The Morgan fingerprint density at radius 3 is 1.01 bits per heavy atom. The number of hydrogen-bond acceptors (Lipinski definition) is 27. The molecule has 0 bridgehead atoms. The Morgan fingerprint density at radius 2 is 0.714 bits per heavy atom. The minimum atomic E-state index is -2.63. The lowest BCUT2D eigenvalue weighted by atomic mass is 9.95. The zero-order chi connectivity index (χ0) is 105. The number of aromatic amines is 2. The molecule has 6 aromatic heterocycles. The molecule has 4 aromatic carbocycles. The van der Waals surface area contributed by atoms with E-state index in [-0.39, 0.29) is 117 Å². The fraction of sp³-hybridized carbons (Fsp3) is 0.569. The number of nitrogens with zero attached hydrogens (tertiary/aromatic N) is 7. The van der Waals surface area contributed by atoms with E-state index in [9.17, 15) is 65.0 Å². The first-order valence-corrected chi connectivity index (χ1v) is 51.5. The largest absolute Gasteiger partial charge is 0.496 e. The molecule has 0 unspecified atom stereocenters. The Hall–Kier alpha value is -11.2. The quantitative estimate of drug-likeness (QED) is 0.0148. The lowest BCUT2D eigenvalue weighted by Gasteiger charge is -2.37. The summed E-state index contributed by atoms with van der Waals surface area (Å²) in [6.45, 7) is 32.1. The number of anilines is 4.